The summed E-state index contributed by atoms with van der Waals surface area (Å²) in [4.78, 5) is 18.9. The van der Waals surface area contributed by atoms with E-state index in [0.717, 1.165) is 27.2 Å². The van der Waals surface area contributed by atoms with Crippen molar-refractivity contribution in [1.82, 2.24) is 14.9 Å². The van der Waals surface area contributed by atoms with E-state index in [0.29, 0.717) is 15.8 Å². The van der Waals surface area contributed by atoms with Gasteiger partial charge in [-0.3, -0.25) is 9.78 Å². The number of hydrogen-bond acceptors (Lipinski definition) is 3. The molecule has 9 heteroatoms. The summed E-state index contributed by atoms with van der Waals surface area (Å²) < 4.78 is 3.18. The smallest absolute Gasteiger partial charge is 0.226 e. The molecule has 1 saturated heterocycles. The van der Waals surface area contributed by atoms with Gasteiger partial charge >= 0.3 is 0 Å². The fourth-order valence-corrected chi connectivity index (χ4v) is 5.27. The average molecular weight is 595 g/mol. The molecule has 2 aromatic heterocycles. The molecule has 1 amide bonds. The minimum Gasteiger partial charge on any atom is -0.351 e. The molecule has 1 fully saturated rings. The molecule has 0 radical (unpaired) electrons. The van der Waals surface area contributed by atoms with E-state index in [1.165, 1.54) is 0 Å². The number of amides is 1. The van der Waals surface area contributed by atoms with Gasteiger partial charge in [-0.25, -0.2) is 0 Å². The van der Waals surface area contributed by atoms with Crippen molar-refractivity contribution in [3.8, 4) is 5.69 Å². The molecule has 6 nitrogen and oxygen atoms in total. The van der Waals surface area contributed by atoms with Crippen molar-refractivity contribution >= 4 is 62.1 Å². The molecule has 2 aromatic carbocycles. The van der Waals surface area contributed by atoms with Gasteiger partial charge in [-0.2, -0.15) is 0 Å². The van der Waals surface area contributed by atoms with Crippen molar-refractivity contribution in [2.24, 2.45) is 5.92 Å². The van der Waals surface area contributed by atoms with E-state index >= 15 is 0 Å². The minimum absolute atomic E-state index is 0.0894. The second-order valence-corrected chi connectivity index (χ2v) is 10.8. The van der Waals surface area contributed by atoms with Crippen LogP contribution >= 0.6 is 39.7 Å². The number of hydrogen-bond donors (Lipinski definition) is 2. The highest BCUT2D eigenvalue weighted by molar-refractivity contribution is 9.10. The molecule has 0 bridgehead atoms. The molecular weight excluding hydrogens is 570 g/mol. The van der Waals surface area contributed by atoms with Gasteiger partial charge in [-0.1, -0.05) is 47.4 Å². The highest BCUT2D eigenvalue weighted by Crippen LogP contribution is 2.43. The third-order valence-corrected chi connectivity index (χ3v) is 7.46. The van der Waals surface area contributed by atoms with Gasteiger partial charge in [0.25, 0.3) is 0 Å². The monoisotopic (exact) mass is 593 g/mol. The summed E-state index contributed by atoms with van der Waals surface area (Å²) in [6, 6.07) is 23.4. The van der Waals surface area contributed by atoms with Crippen LogP contribution in [-0.4, -0.2) is 20.6 Å². The first-order chi connectivity index (χ1) is 17.8. The fourth-order valence-electron chi connectivity index (χ4n) is 4.44. The van der Waals surface area contributed by atoms with Crippen molar-refractivity contribution in [3.63, 3.8) is 0 Å². The van der Waals surface area contributed by atoms with E-state index in [2.05, 4.69) is 59.2 Å². The van der Waals surface area contributed by atoms with Gasteiger partial charge in [0.2, 0.25) is 5.91 Å². The molecule has 1 aliphatic heterocycles. The number of nitrogens with one attached hydrogen (secondary N) is 2. The van der Waals surface area contributed by atoms with Crippen LogP contribution < -0.4 is 15.5 Å². The van der Waals surface area contributed by atoms with Crippen LogP contribution in [0, 0.1) is 5.92 Å². The van der Waals surface area contributed by atoms with Crippen LogP contribution in [0.4, 0.5) is 11.4 Å². The molecule has 0 saturated carbocycles. The molecule has 5 rings (SSSR count). The van der Waals surface area contributed by atoms with Crippen molar-refractivity contribution in [3.05, 3.63) is 106 Å². The summed E-state index contributed by atoms with van der Waals surface area (Å²) in [6.45, 7) is 3.68. The molecule has 1 aliphatic rings. The summed E-state index contributed by atoms with van der Waals surface area (Å²) >= 11 is 16.0. The Bertz CT molecular complexity index is 1440. The third kappa shape index (κ3) is 5.14. The lowest BCUT2D eigenvalue weighted by Gasteiger charge is -2.29. The van der Waals surface area contributed by atoms with Gasteiger partial charge in [-0.05, 0) is 78.9 Å². The molecule has 0 spiro atoms. The first-order valence-electron chi connectivity index (χ1n) is 11.9. The summed E-state index contributed by atoms with van der Waals surface area (Å²) in [5.41, 5.74) is 4.34. The van der Waals surface area contributed by atoms with Crippen molar-refractivity contribution in [2.45, 2.75) is 25.9 Å². The normalized spacial score (nSPS) is 17.2. The fraction of sp³-hybridized carbons (Fsp3) is 0.179. The second kappa shape index (κ2) is 10.7. The van der Waals surface area contributed by atoms with Crippen LogP contribution in [0.2, 0.25) is 5.02 Å². The summed E-state index contributed by atoms with van der Waals surface area (Å²) in [7, 11) is 0. The lowest BCUT2D eigenvalue weighted by atomic mass is 10.0. The van der Waals surface area contributed by atoms with Crippen LogP contribution in [0.5, 0.6) is 0 Å². The van der Waals surface area contributed by atoms with Crippen LogP contribution in [0.15, 0.2) is 89.7 Å². The van der Waals surface area contributed by atoms with E-state index in [1.54, 1.807) is 6.20 Å². The Balaban J connectivity index is 1.59. The van der Waals surface area contributed by atoms with E-state index in [-0.39, 0.29) is 23.9 Å². The number of aromatic nitrogens is 2. The number of anilines is 2. The number of carbonyl (C=O) groups excluding carboxylic acids is 1. The predicted molar refractivity (Wildman–Crippen MR) is 156 cm³/mol. The molecule has 0 unspecified atom stereocenters. The number of thiocarbonyl (C=S) groups is 1. The molecule has 188 valence electrons. The first-order valence-corrected chi connectivity index (χ1v) is 13.5. The number of carbonyl (C=O) groups is 1. The van der Waals surface area contributed by atoms with Gasteiger partial charge in [0.05, 0.1) is 22.4 Å². The average Bonchev–Trinajstić information content (AvgIpc) is 3.50. The Labute approximate surface area is 234 Å². The Morgan fingerprint density at radius 1 is 1.08 bits per heavy atom. The van der Waals surface area contributed by atoms with Crippen LogP contribution in [0.25, 0.3) is 5.69 Å². The Hall–Kier alpha value is -3.20. The maximum absolute atomic E-state index is 12.2. The van der Waals surface area contributed by atoms with E-state index < -0.39 is 0 Å². The molecular formula is C28H25BrClN5OS. The molecule has 2 N–H and O–H groups in total. The molecule has 2 atom stereocenters. The number of pyridine rings is 1. The van der Waals surface area contributed by atoms with Crippen LogP contribution in [0.3, 0.4) is 0 Å². The Morgan fingerprint density at radius 3 is 2.51 bits per heavy atom. The zero-order valence-corrected chi connectivity index (χ0v) is 23.4. The summed E-state index contributed by atoms with van der Waals surface area (Å²) in [5, 5.41) is 7.39. The number of benzene rings is 2. The molecule has 3 heterocycles. The number of nitrogens with zero attached hydrogens (tertiary/aromatic N) is 3. The van der Waals surface area contributed by atoms with Crippen molar-refractivity contribution < 1.29 is 4.79 Å². The quantitative estimate of drug-likeness (QED) is 0.234. The van der Waals surface area contributed by atoms with Gasteiger partial charge in [0.15, 0.2) is 5.11 Å². The van der Waals surface area contributed by atoms with Crippen LogP contribution in [0.1, 0.15) is 37.3 Å². The van der Waals surface area contributed by atoms with Gasteiger partial charge in [0, 0.05) is 39.9 Å². The van der Waals surface area contributed by atoms with E-state index in [9.17, 15) is 4.79 Å². The number of rotatable bonds is 6. The highest BCUT2D eigenvalue weighted by Gasteiger charge is 2.42. The lowest BCUT2D eigenvalue weighted by molar-refractivity contribution is -0.118. The topological polar surface area (TPSA) is 62.2 Å². The maximum atomic E-state index is 12.2. The van der Waals surface area contributed by atoms with E-state index in [4.69, 9.17) is 23.8 Å². The van der Waals surface area contributed by atoms with Crippen molar-refractivity contribution in [1.29, 1.82) is 0 Å². The Kier molecular flexibility index (Phi) is 7.33. The molecule has 4 aromatic rings. The molecule has 0 aliphatic carbocycles. The predicted octanol–water partition coefficient (Wildman–Crippen LogP) is 7.06. The molecule has 37 heavy (non-hydrogen) atoms. The largest absolute Gasteiger partial charge is 0.351 e. The number of halogens is 2. The van der Waals surface area contributed by atoms with Gasteiger partial charge < -0.3 is 20.1 Å². The third-order valence-electron chi connectivity index (χ3n) is 6.30. The zero-order valence-electron chi connectivity index (χ0n) is 20.2. The van der Waals surface area contributed by atoms with Crippen LogP contribution in [-0.2, 0) is 4.79 Å². The SMILES string of the molecule is CC(C)C(=O)Nc1ccc(N2C(=S)N[C@@H](c3ccccn3)[C@@H]2c2cccn2-c2ccc(Br)cc2)cc1Cl. The summed E-state index contributed by atoms with van der Waals surface area (Å²) in [5.74, 6) is -0.241. The minimum atomic E-state index is -0.215. The Morgan fingerprint density at radius 2 is 1.84 bits per heavy atom. The van der Waals surface area contributed by atoms with Crippen molar-refractivity contribution in [2.75, 3.05) is 10.2 Å². The second-order valence-electron chi connectivity index (χ2n) is 9.08. The zero-order chi connectivity index (χ0) is 26.1. The lowest BCUT2D eigenvalue weighted by Crippen LogP contribution is -2.30. The standard InChI is InChI=1S/C28H25BrClN5OS/c1-17(2)27(36)32-22-13-12-20(16-21(22)30)35-26(25(33-28(35)37)23-6-3-4-14-31-23)24-7-5-15-34(24)19-10-8-18(29)9-11-19/h3-17,25-26H,1-2H3,(H,32,36)(H,33,37)/t25-,26-/m0/s1. The summed E-state index contributed by atoms with van der Waals surface area (Å²) in [6.07, 6.45) is 3.84. The first kappa shape index (κ1) is 25.4. The maximum Gasteiger partial charge on any atom is 0.226 e. The van der Waals surface area contributed by atoms with Gasteiger partial charge in [-0.15, -0.1) is 0 Å². The highest BCUT2D eigenvalue weighted by atomic mass is 79.9. The van der Waals surface area contributed by atoms with E-state index in [1.807, 2.05) is 74.6 Å². The van der Waals surface area contributed by atoms with Gasteiger partial charge in [0.1, 0.15) is 6.04 Å².